The van der Waals surface area contributed by atoms with Crippen molar-refractivity contribution in [2.45, 2.75) is 12.5 Å². The van der Waals surface area contributed by atoms with E-state index < -0.39 is 0 Å². The predicted octanol–water partition coefficient (Wildman–Crippen LogP) is 1.97. The van der Waals surface area contributed by atoms with Crippen LogP contribution in [0.4, 0.5) is 0 Å². The maximum absolute atomic E-state index is 3.57. The molecule has 0 amide bonds. The normalized spacial score (nSPS) is 37.8. The highest BCUT2D eigenvalue weighted by Crippen LogP contribution is 2.51. The fraction of sp³-hybridized carbons (Fsp3) is 0.455. The molecule has 0 aromatic heterocycles. The van der Waals surface area contributed by atoms with Gasteiger partial charge in [0.25, 0.3) is 0 Å². The molecule has 3 unspecified atom stereocenters. The van der Waals surface area contributed by atoms with Gasteiger partial charge in [-0.3, -0.25) is 0 Å². The van der Waals surface area contributed by atoms with Crippen molar-refractivity contribution >= 4 is 0 Å². The Balaban J connectivity index is 1.89. The number of benzene rings is 1. The van der Waals surface area contributed by atoms with Crippen LogP contribution < -0.4 is 5.32 Å². The van der Waals surface area contributed by atoms with Crippen LogP contribution in [0.15, 0.2) is 30.3 Å². The summed E-state index contributed by atoms with van der Waals surface area (Å²) in [6.45, 7) is 1.24. The Hall–Kier alpha value is -0.820. The molecule has 0 radical (unpaired) electrons. The highest BCUT2D eigenvalue weighted by molar-refractivity contribution is 5.24. The molecule has 3 rings (SSSR count). The van der Waals surface area contributed by atoms with Crippen molar-refractivity contribution in [1.29, 1.82) is 0 Å². The fourth-order valence-corrected chi connectivity index (χ4v) is 2.37. The number of piperidine rings is 1. The second-order valence-corrected chi connectivity index (χ2v) is 3.96. The van der Waals surface area contributed by atoms with Gasteiger partial charge in [0.05, 0.1) is 0 Å². The number of fused-ring (bicyclic) bond motifs is 1. The Kier molecular flexibility index (Phi) is 1.30. The third-order valence-corrected chi connectivity index (χ3v) is 3.16. The third kappa shape index (κ3) is 0.896. The summed E-state index contributed by atoms with van der Waals surface area (Å²) in [5.74, 6) is 1.95. The van der Waals surface area contributed by atoms with Crippen LogP contribution in [-0.4, -0.2) is 6.54 Å². The second kappa shape index (κ2) is 2.33. The first-order valence-electron chi connectivity index (χ1n) is 4.73. The van der Waals surface area contributed by atoms with E-state index in [4.69, 9.17) is 0 Å². The van der Waals surface area contributed by atoms with Crippen LogP contribution in [0.25, 0.3) is 0 Å². The molecule has 1 aromatic carbocycles. The molecule has 1 aliphatic carbocycles. The molecule has 1 saturated heterocycles. The van der Waals surface area contributed by atoms with Crippen molar-refractivity contribution in [2.24, 2.45) is 11.8 Å². The first-order chi connectivity index (χ1) is 5.95. The Bertz CT molecular complexity index is 280. The highest BCUT2D eigenvalue weighted by atomic mass is 15.0. The highest BCUT2D eigenvalue weighted by Gasteiger charge is 2.48. The van der Waals surface area contributed by atoms with Crippen LogP contribution in [0.5, 0.6) is 0 Å². The summed E-state index contributed by atoms with van der Waals surface area (Å²) in [5, 5.41) is 3.57. The summed E-state index contributed by atoms with van der Waals surface area (Å²) in [7, 11) is 0. The van der Waals surface area contributed by atoms with Gasteiger partial charge in [0.15, 0.2) is 0 Å². The maximum atomic E-state index is 3.57. The minimum absolute atomic E-state index is 0.663. The van der Waals surface area contributed by atoms with Gasteiger partial charge < -0.3 is 5.32 Å². The van der Waals surface area contributed by atoms with Gasteiger partial charge in [-0.2, -0.15) is 0 Å². The molecule has 62 valence electrons. The molecule has 2 aliphatic rings. The Morgan fingerprint density at radius 3 is 2.58 bits per heavy atom. The molecular weight excluding hydrogens is 146 g/mol. The SMILES string of the molecule is c1ccc(C2NCC3CC32)cc1. The minimum atomic E-state index is 0.663. The van der Waals surface area contributed by atoms with Gasteiger partial charge >= 0.3 is 0 Å². The first kappa shape index (κ1) is 6.67. The van der Waals surface area contributed by atoms with Crippen molar-refractivity contribution in [3.63, 3.8) is 0 Å². The van der Waals surface area contributed by atoms with Gasteiger partial charge in [0.1, 0.15) is 0 Å². The standard InChI is InChI=1S/C11H13N/c1-2-4-8(5-3-1)11-10-6-9(10)7-12-11/h1-5,9-12H,6-7H2. The average molecular weight is 159 g/mol. The lowest BCUT2D eigenvalue weighted by Crippen LogP contribution is -2.17. The van der Waals surface area contributed by atoms with Crippen LogP contribution in [0.1, 0.15) is 18.0 Å². The zero-order valence-corrected chi connectivity index (χ0v) is 7.03. The van der Waals surface area contributed by atoms with E-state index in [0.717, 1.165) is 11.8 Å². The monoisotopic (exact) mass is 159 g/mol. The molecule has 1 N–H and O–H groups in total. The molecule has 1 heterocycles. The van der Waals surface area contributed by atoms with Gasteiger partial charge in [-0.15, -0.1) is 0 Å². The zero-order chi connectivity index (χ0) is 7.97. The number of nitrogens with one attached hydrogen (secondary N) is 1. The van der Waals surface area contributed by atoms with Gasteiger partial charge in [-0.05, 0) is 30.4 Å². The predicted molar refractivity (Wildman–Crippen MR) is 48.8 cm³/mol. The molecule has 2 fully saturated rings. The van der Waals surface area contributed by atoms with E-state index in [2.05, 4.69) is 35.6 Å². The molecular formula is C11H13N. The topological polar surface area (TPSA) is 12.0 Å². The zero-order valence-electron chi connectivity index (χ0n) is 7.03. The summed E-state index contributed by atoms with van der Waals surface area (Å²) < 4.78 is 0. The molecule has 12 heavy (non-hydrogen) atoms. The third-order valence-electron chi connectivity index (χ3n) is 3.16. The van der Waals surface area contributed by atoms with Crippen molar-refractivity contribution in [3.8, 4) is 0 Å². The molecule has 1 heteroatoms. The average Bonchev–Trinajstić information content (AvgIpc) is 2.80. The molecule has 1 nitrogen and oxygen atoms in total. The number of hydrogen-bond acceptors (Lipinski definition) is 1. The van der Waals surface area contributed by atoms with Crippen molar-refractivity contribution < 1.29 is 0 Å². The Morgan fingerprint density at radius 2 is 2.00 bits per heavy atom. The lowest BCUT2D eigenvalue weighted by molar-refractivity contribution is 0.563. The van der Waals surface area contributed by atoms with E-state index in [1.165, 1.54) is 18.5 Å². The molecule has 0 spiro atoms. The Morgan fingerprint density at radius 1 is 1.17 bits per heavy atom. The van der Waals surface area contributed by atoms with E-state index >= 15 is 0 Å². The fourth-order valence-electron chi connectivity index (χ4n) is 2.37. The van der Waals surface area contributed by atoms with E-state index in [9.17, 15) is 0 Å². The number of rotatable bonds is 1. The van der Waals surface area contributed by atoms with E-state index in [1.807, 2.05) is 0 Å². The van der Waals surface area contributed by atoms with Gasteiger partial charge in [0, 0.05) is 6.04 Å². The molecule has 0 bridgehead atoms. The van der Waals surface area contributed by atoms with Crippen LogP contribution in [0.3, 0.4) is 0 Å². The van der Waals surface area contributed by atoms with Crippen LogP contribution in [-0.2, 0) is 0 Å². The molecule has 3 atom stereocenters. The summed E-state index contributed by atoms with van der Waals surface area (Å²) in [5.41, 5.74) is 1.47. The summed E-state index contributed by atoms with van der Waals surface area (Å²) in [4.78, 5) is 0. The molecule has 1 aliphatic heterocycles. The summed E-state index contributed by atoms with van der Waals surface area (Å²) >= 11 is 0. The first-order valence-corrected chi connectivity index (χ1v) is 4.73. The van der Waals surface area contributed by atoms with Gasteiger partial charge in [0.2, 0.25) is 0 Å². The van der Waals surface area contributed by atoms with Gasteiger partial charge in [-0.1, -0.05) is 30.3 Å². The minimum Gasteiger partial charge on any atom is -0.309 e. The van der Waals surface area contributed by atoms with Crippen molar-refractivity contribution in [3.05, 3.63) is 35.9 Å². The van der Waals surface area contributed by atoms with E-state index in [1.54, 1.807) is 0 Å². The number of hydrogen-bond donors (Lipinski definition) is 1. The van der Waals surface area contributed by atoms with Crippen molar-refractivity contribution in [2.75, 3.05) is 6.54 Å². The smallest absolute Gasteiger partial charge is 0.0352 e. The lowest BCUT2D eigenvalue weighted by atomic mass is 10.0. The Labute approximate surface area is 72.8 Å². The van der Waals surface area contributed by atoms with Crippen molar-refractivity contribution in [1.82, 2.24) is 5.32 Å². The summed E-state index contributed by atoms with van der Waals surface area (Å²) in [6.07, 6.45) is 1.45. The van der Waals surface area contributed by atoms with Crippen LogP contribution in [0.2, 0.25) is 0 Å². The lowest BCUT2D eigenvalue weighted by Gasteiger charge is -2.12. The summed E-state index contributed by atoms with van der Waals surface area (Å²) in [6, 6.07) is 11.5. The van der Waals surface area contributed by atoms with Crippen LogP contribution in [0, 0.1) is 11.8 Å². The molecule has 1 aromatic rings. The van der Waals surface area contributed by atoms with Gasteiger partial charge in [-0.25, -0.2) is 0 Å². The quantitative estimate of drug-likeness (QED) is 0.660. The van der Waals surface area contributed by atoms with Crippen LogP contribution >= 0.6 is 0 Å². The maximum Gasteiger partial charge on any atom is 0.0352 e. The second-order valence-electron chi connectivity index (χ2n) is 3.96. The molecule has 1 saturated carbocycles. The van der Waals surface area contributed by atoms with E-state index in [-0.39, 0.29) is 0 Å². The van der Waals surface area contributed by atoms with E-state index in [0.29, 0.717) is 6.04 Å². The largest absolute Gasteiger partial charge is 0.309 e.